The van der Waals surface area contributed by atoms with Gasteiger partial charge in [-0.3, -0.25) is 8.98 Å². The number of rotatable bonds is 7. The Bertz CT molecular complexity index is 695. The second-order valence-electron chi connectivity index (χ2n) is 6.00. The summed E-state index contributed by atoms with van der Waals surface area (Å²) in [6, 6.07) is 8.07. The SMILES string of the molecule is CC(=O)N[C@H]1[C@@H](OCc2ccccc2)O[C@@H](CO)[C@@H](OS(C)(=O)=O)[C@H]1O. The summed E-state index contributed by atoms with van der Waals surface area (Å²) >= 11 is 0. The molecule has 1 aromatic rings. The van der Waals surface area contributed by atoms with Crippen molar-refractivity contribution in [2.75, 3.05) is 12.9 Å². The van der Waals surface area contributed by atoms with Crippen LogP contribution in [0.15, 0.2) is 30.3 Å². The van der Waals surface area contributed by atoms with Gasteiger partial charge < -0.3 is 25.0 Å². The predicted octanol–water partition coefficient (Wildman–Crippen LogP) is -0.869. The molecule has 1 fully saturated rings. The van der Waals surface area contributed by atoms with Crippen molar-refractivity contribution < 1.29 is 37.1 Å². The highest BCUT2D eigenvalue weighted by Gasteiger charge is 2.48. The molecule has 1 aromatic carbocycles. The first kappa shape index (κ1) is 20.7. The molecule has 5 atom stereocenters. The van der Waals surface area contributed by atoms with Crippen molar-refractivity contribution >= 4 is 16.0 Å². The van der Waals surface area contributed by atoms with Gasteiger partial charge in [0.15, 0.2) is 6.29 Å². The van der Waals surface area contributed by atoms with Crippen LogP contribution in [0.5, 0.6) is 0 Å². The average molecular weight is 389 g/mol. The standard InChI is InChI=1S/C16H23NO8S/c1-10(19)17-13-14(20)15(25-26(2,21)22)12(8-18)24-16(13)23-9-11-6-4-3-5-7-11/h3-7,12-16,18,20H,8-9H2,1-2H3,(H,17,19)/t12-,13+,14-,15+,16-/m0/s1. The number of nitrogens with one attached hydrogen (secondary N) is 1. The quantitative estimate of drug-likeness (QED) is 0.513. The molecule has 3 N–H and O–H groups in total. The molecule has 1 amide bonds. The monoisotopic (exact) mass is 389 g/mol. The van der Waals surface area contributed by atoms with E-state index in [1.807, 2.05) is 30.3 Å². The lowest BCUT2D eigenvalue weighted by Crippen LogP contribution is -2.65. The summed E-state index contributed by atoms with van der Waals surface area (Å²) in [5.41, 5.74) is 0.835. The molecule has 0 saturated carbocycles. The molecular formula is C16H23NO8S. The molecule has 1 aliphatic rings. The van der Waals surface area contributed by atoms with Crippen molar-refractivity contribution in [3.05, 3.63) is 35.9 Å². The third kappa shape index (κ3) is 5.73. The number of hydrogen-bond donors (Lipinski definition) is 3. The molecule has 0 unspecified atom stereocenters. The van der Waals surface area contributed by atoms with Gasteiger partial charge in [-0.05, 0) is 5.56 Å². The van der Waals surface area contributed by atoms with Gasteiger partial charge in [-0.15, -0.1) is 0 Å². The van der Waals surface area contributed by atoms with Crippen LogP contribution in [-0.4, -0.2) is 68.0 Å². The first-order valence-electron chi connectivity index (χ1n) is 7.96. The molecular weight excluding hydrogens is 366 g/mol. The first-order valence-corrected chi connectivity index (χ1v) is 9.78. The maximum atomic E-state index is 11.5. The molecule has 0 aliphatic carbocycles. The van der Waals surface area contributed by atoms with Crippen LogP contribution in [0.25, 0.3) is 0 Å². The third-order valence-electron chi connectivity index (χ3n) is 3.77. The molecule has 26 heavy (non-hydrogen) atoms. The third-order valence-corrected chi connectivity index (χ3v) is 4.34. The Labute approximate surface area is 152 Å². The van der Waals surface area contributed by atoms with E-state index in [0.717, 1.165) is 11.8 Å². The van der Waals surface area contributed by atoms with Crippen molar-refractivity contribution in [1.82, 2.24) is 5.32 Å². The van der Waals surface area contributed by atoms with Crippen molar-refractivity contribution in [1.29, 1.82) is 0 Å². The minimum absolute atomic E-state index is 0.129. The van der Waals surface area contributed by atoms with Crippen LogP contribution < -0.4 is 5.32 Å². The number of amides is 1. The number of carbonyl (C=O) groups excluding carboxylic acids is 1. The van der Waals surface area contributed by atoms with E-state index in [1.165, 1.54) is 6.92 Å². The Morgan fingerprint density at radius 3 is 2.50 bits per heavy atom. The van der Waals surface area contributed by atoms with Gasteiger partial charge in [0.05, 0.1) is 19.5 Å². The Morgan fingerprint density at radius 1 is 1.31 bits per heavy atom. The Morgan fingerprint density at radius 2 is 1.96 bits per heavy atom. The molecule has 1 aliphatic heterocycles. The van der Waals surface area contributed by atoms with Gasteiger partial charge in [-0.25, -0.2) is 0 Å². The number of carbonyl (C=O) groups is 1. The Hall–Kier alpha value is -1.56. The molecule has 0 aromatic heterocycles. The number of aliphatic hydroxyl groups is 2. The number of ether oxygens (including phenoxy) is 2. The van der Waals surface area contributed by atoms with Crippen LogP contribution in [0.3, 0.4) is 0 Å². The maximum absolute atomic E-state index is 11.5. The van der Waals surface area contributed by atoms with E-state index in [2.05, 4.69) is 5.32 Å². The predicted molar refractivity (Wildman–Crippen MR) is 90.3 cm³/mol. The zero-order valence-electron chi connectivity index (χ0n) is 14.4. The van der Waals surface area contributed by atoms with E-state index >= 15 is 0 Å². The fourth-order valence-electron chi connectivity index (χ4n) is 2.67. The van der Waals surface area contributed by atoms with Gasteiger partial charge in [-0.2, -0.15) is 8.42 Å². The first-order chi connectivity index (χ1) is 12.2. The largest absolute Gasteiger partial charge is 0.394 e. The smallest absolute Gasteiger partial charge is 0.264 e. The van der Waals surface area contributed by atoms with Crippen molar-refractivity contribution in [2.45, 2.75) is 44.2 Å². The summed E-state index contributed by atoms with van der Waals surface area (Å²) in [5.74, 6) is -0.466. The number of hydrogen-bond acceptors (Lipinski definition) is 8. The number of benzene rings is 1. The van der Waals surface area contributed by atoms with Gasteiger partial charge in [-0.1, -0.05) is 30.3 Å². The molecule has 2 rings (SSSR count). The average Bonchev–Trinajstić information content (AvgIpc) is 2.57. The second-order valence-corrected chi connectivity index (χ2v) is 7.60. The van der Waals surface area contributed by atoms with Crippen LogP contribution in [0.4, 0.5) is 0 Å². The lowest BCUT2D eigenvalue weighted by molar-refractivity contribution is -0.268. The fraction of sp³-hybridized carbons (Fsp3) is 0.562. The zero-order valence-corrected chi connectivity index (χ0v) is 15.3. The summed E-state index contributed by atoms with van der Waals surface area (Å²) in [6.45, 7) is 0.769. The molecule has 146 valence electrons. The number of aliphatic hydroxyl groups excluding tert-OH is 2. The zero-order chi connectivity index (χ0) is 19.3. The van der Waals surface area contributed by atoms with E-state index in [4.69, 9.17) is 13.7 Å². The molecule has 9 nitrogen and oxygen atoms in total. The summed E-state index contributed by atoms with van der Waals surface area (Å²) in [5, 5.41) is 22.5. The Kier molecular flexibility index (Phi) is 7.09. The summed E-state index contributed by atoms with van der Waals surface area (Å²) in [6.07, 6.45) is -4.29. The molecule has 10 heteroatoms. The van der Waals surface area contributed by atoms with Crippen LogP contribution in [0, 0.1) is 0 Å². The van der Waals surface area contributed by atoms with Crippen molar-refractivity contribution in [2.24, 2.45) is 0 Å². The highest BCUT2D eigenvalue weighted by atomic mass is 32.2. The molecule has 1 saturated heterocycles. The highest BCUT2D eigenvalue weighted by molar-refractivity contribution is 7.86. The van der Waals surface area contributed by atoms with Crippen molar-refractivity contribution in [3.8, 4) is 0 Å². The topological polar surface area (TPSA) is 131 Å². The van der Waals surface area contributed by atoms with Crippen molar-refractivity contribution in [3.63, 3.8) is 0 Å². The van der Waals surface area contributed by atoms with Crippen LogP contribution in [-0.2, 0) is 35.2 Å². The van der Waals surface area contributed by atoms with Gasteiger partial charge in [0.2, 0.25) is 5.91 Å². The van der Waals surface area contributed by atoms with Crippen LogP contribution >= 0.6 is 0 Å². The summed E-state index contributed by atoms with van der Waals surface area (Å²) in [4.78, 5) is 11.5. The van der Waals surface area contributed by atoms with E-state index in [-0.39, 0.29) is 6.61 Å². The van der Waals surface area contributed by atoms with Gasteiger partial charge >= 0.3 is 0 Å². The lowest BCUT2D eigenvalue weighted by atomic mass is 9.97. The van der Waals surface area contributed by atoms with Crippen LogP contribution in [0.1, 0.15) is 12.5 Å². The second kappa shape index (κ2) is 8.89. The minimum atomic E-state index is -3.93. The van der Waals surface area contributed by atoms with Gasteiger partial charge in [0.1, 0.15) is 24.4 Å². The fourth-order valence-corrected chi connectivity index (χ4v) is 3.31. The van der Waals surface area contributed by atoms with E-state index < -0.39 is 53.3 Å². The van der Waals surface area contributed by atoms with Gasteiger partial charge in [0, 0.05) is 6.92 Å². The van der Waals surface area contributed by atoms with Crippen LogP contribution in [0.2, 0.25) is 0 Å². The Balaban J connectivity index is 2.18. The maximum Gasteiger partial charge on any atom is 0.264 e. The lowest BCUT2D eigenvalue weighted by Gasteiger charge is -2.43. The van der Waals surface area contributed by atoms with E-state index in [9.17, 15) is 23.4 Å². The van der Waals surface area contributed by atoms with E-state index in [1.54, 1.807) is 0 Å². The molecule has 0 radical (unpaired) electrons. The van der Waals surface area contributed by atoms with E-state index in [0.29, 0.717) is 0 Å². The minimum Gasteiger partial charge on any atom is -0.394 e. The van der Waals surface area contributed by atoms with Gasteiger partial charge in [0.25, 0.3) is 10.1 Å². The molecule has 0 spiro atoms. The summed E-state index contributed by atoms with van der Waals surface area (Å²) in [7, 11) is -3.93. The summed E-state index contributed by atoms with van der Waals surface area (Å²) < 4.78 is 38.9. The highest BCUT2D eigenvalue weighted by Crippen LogP contribution is 2.26. The molecule has 1 heterocycles. The normalized spacial score (nSPS) is 29.3. The molecule has 0 bridgehead atoms.